The minimum atomic E-state index is -0.331. The number of aromatic nitrogens is 2. The van der Waals surface area contributed by atoms with Gasteiger partial charge in [0.25, 0.3) is 5.56 Å². The lowest BCUT2D eigenvalue weighted by Gasteiger charge is -2.40. The maximum absolute atomic E-state index is 13.3. The standard InChI is InChI=1S/C24H28N4O2/c1-3-28-18(2)16-21(29)22(24(28)30)23(19-8-7-11-25-17-19)27-14-12-26(13-15-27)20-9-5-4-6-10-20/h4-11,16-17,23,29H,3,12-15H2,1-2H3. The molecule has 1 aromatic carbocycles. The number of pyridine rings is 2. The molecule has 6 heteroatoms. The van der Waals surface area contributed by atoms with E-state index in [1.807, 2.05) is 32.0 Å². The Morgan fingerprint density at radius 3 is 2.43 bits per heavy atom. The molecule has 1 fully saturated rings. The monoisotopic (exact) mass is 404 g/mol. The van der Waals surface area contributed by atoms with Gasteiger partial charge in [0.1, 0.15) is 5.75 Å². The molecule has 1 unspecified atom stereocenters. The summed E-state index contributed by atoms with van der Waals surface area (Å²) in [5.41, 5.74) is 3.20. The first kappa shape index (κ1) is 20.2. The van der Waals surface area contributed by atoms with E-state index in [9.17, 15) is 9.90 Å². The van der Waals surface area contributed by atoms with Crippen molar-refractivity contribution in [2.45, 2.75) is 26.4 Å². The van der Waals surface area contributed by atoms with Gasteiger partial charge in [0.15, 0.2) is 0 Å². The third-order valence-corrected chi connectivity index (χ3v) is 5.91. The van der Waals surface area contributed by atoms with E-state index in [0.717, 1.165) is 37.4 Å². The Hall–Kier alpha value is -3.12. The summed E-state index contributed by atoms with van der Waals surface area (Å²) >= 11 is 0. The van der Waals surface area contributed by atoms with Gasteiger partial charge in [-0.05, 0) is 43.7 Å². The average molecular weight is 405 g/mol. The normalized spacial score (nSPS) is 15.9. The molecule has 1 aliphatic rings. The minimum absolute atomic E-state index is 0.0570. The molecule has 1 saturated heterocycles. The van der Waals surface area contributed by atoms with Gasteiger partial charge in [-0.15, -0.1) is 0 Å². The lowest BCUT2D eigenvalue weighted by molar-refractivity contribution is 0.207. The molecule has 1 atom stereocenters. The summed E-state index contributed by atoms with van der Waals surface area (Å²) in [6.07, 6.45) is 3.52. The number of rotatable bonds is 5. The maximum atomic E-state index is 13.3. The first-order valence-corrected chi connectivity index (χ1v) is 10.5. The molecule has 4 rings (SSSR count). The van der Waals surface area contributed by atoms with Crippen LogP contribution in [0.3, 0.4) is 0 Å². The Balaban J connectivity index is 1.71. The fourth-order valence-electron chi connectivity index (χ4n) is 4.39. The molecule has 6 nitrogen and oxygen atoms in total. The molecule has 0 radical (unpaired) electrons. The molecule has 0 bridgehead atoms. The van der Waals surface area contributed by atoms with Gasteiger partial charge in [-0.2, -0.15) is 0 Å². The Kier molecular flexibility index (Phi) is 5.86. The predicted molar refractivity (Wildman–Crippen MR) is 119 cm³/mol. The smallest absolute Gasteiger partial charge is 0.259 e. The number of hydrogen-bond donors (Lipinski definition) is 1. The summed E-state index contributed by atoms with van der Waals surface area (Å²) in [7, 11) is 0. The van der Waals surface area contributed by atoms with Crippen LogP contribution in [0.2, 0.25) is 0 Å². The van der Waals surface area contributed by atoms with Gasteiger partial charge in [-0.1, -0.05) is 24.3 Å². The first-order chi connectivity index (χ1) is 14.6. The lowest BCUT2D eigenvalue weighted by atomic mass is 9.97. The molecule has 3 heterocycles. The SMILES string of the molecule is CCn1c(C)cc(O)c(C(c2cccnc2)N2CCN(c3ccccc3)CC2)c1=O. The van der Waals surface area contributed by atoms with Crippen molar-refractivity contribution >= 4 is 5.69 Å². The van der Waals surface area contributed by atoms with E-state index in [4.69, 9.17) is 0 Å². The molecule has 1 N–H and O–H groups in total. The van der Waals surface area contributed by atoms with Gasteiger partial charge >= 0.3 is 0 Å². The van der Waals surface area contributed by atoms with Crippen LogP contribution in [0.5, 0.6) is 5.75 Å². The van der Waals surface area contributed by atoms with E-state index in [0.29, 0.717) is 12.1 Å². The summed E-state index contributed by atoms with van der Waals surface area (Å²) in [4.78, 5) is 22.2. The van der Waals surface area contributed by atoms with Gasteiger partial charge in [0, 0.05) is 56.5 Å². The van der Waals surface area contributed by atoms with Gasteiger partial charge < -0.3 is 14.6 Å². The number of benzene rings is 1. The summed E-state index contributed by atoms with van der Waals surface area (Å²) in [5, 5.41) is 10.8. The predicted octanol–water partition coefficient (Wildman–Crippen LogP) is 3.19. The summed E-state index contributed by atoms with van der Waals surface area (Å²) < 4.78 is 1.72. The lowest BCUT2D eigenvalue weighted by Crippen LogP contribution is -2.49. The fourth-order valence-corrected chi connectivity index (χ4v) is 4.39. The van der Waals surface area contributed by atoms with Crippen LogP contribution in [0.25, 0.3) is 0 Å². The van der Waals surface area contributed by atoms with Crippen LogP contribution in [-0.4, -0.2) is 45.7 Å². The van der Waals surface area contributed by atoms with E-state index < -0.39 is 0 Å². The molecule has 156 valence electrons. The van der Waals surface area contributed by atoms with Crippen molar-refractivity contribution in [2.75, 3.05) is 31.1 Å². The molecule has 0 saturated carbocycles. The highest BCUT2D eigenvalue weighted by molar-refractivity contribution is 5.47. The van der Waals surface area contributed by atoms with Crippen molar-refractivity contribution in [3.8, 4) is 5.75 Å². The highest BCUT2D eigenvalue weighted by Gasteiger charge is 2.31. The second kappa shape index (κ2) is 8.71. The number of para-hydroxylation sites is 1. The molecule has 3 aromatic rings. The molecular weight excluding hydrogens is 376 g/mol. The van der Waals surface area contributed by atoms with Crippen LogP contribution in [0.15, 0.2) is 65.7 Å². The number of hydrogen-bond acceptors (Lipinski definition) is 5. The minimum Gasteiger partial charge on any atom is -0.507 e. The second-order valence-corrected chi connectivity index (χ2v) is 7.68. The molecule has 2 aromatic heterocycles. The maximum Gasteiger partial charge on any atom is 0.259 e. The molecule has 30 heavy (non-hydrogen) atoms. The zero-order chi connectivity index (χ0) is 21.1. The molecule has 0 spiro atoms. The van der Waals surface area contributed by atoms with Crippen LogP contribution in [0.1, 0.15) is 29.8 Å². The Bertz CT molecular complexity index is 1040. The highest BCUT2D eigenvalue weighted by atomic mass is 16.3. The third-order valence-electron chi connectivity index (χ3n) is 5.91. The molecule has 0 amide bonds. The topological polar surface area (TPSA) is 61.6 Å². The Morgan fingerprint density at radius 2 is 1.80 bits per heavy atom. The van der Waals surface area contributed by atoms with E-state index in [1.165, 1.54) is 5.69 Å². The van der Waals surface area contributed by atoms with Gasteiger partial charge in [0.05, 0.1) is 11.6 Å². The van der Waals surface area contributed by atoms with E-state index in [-0.39, 0.29) is 17.4 Å². The third kappa shape index (κ3) is 3.83. The van der Waals surface area contributed by atoms with Crippen molar-refractivity contribution in [3.63, 3.8) is 0 Å². The number of aromatic hydroxyl groups is 1. The average Bonchev–Trinajstić information content (AvgIpc) is 2.78. The highest BCUT2D eigenvalue weighted by Crippen LogP contribution is 2.33. The summed E-state index contributed by atoms with van der Waals surface area (Å²) in [6.45, 7) is 7.66. The van der Waals surface area contributed by atoms with Gasteiger partial charge in [-0.25, -0.2) is 0 Å². The van der Waals surface area contributed by atoms with Crippen LogP contribution in [0.4, 0.5) is 5.69 Å². The summed E-state index contributed by atoms with van der Waals surface area (Å²) in [5.74, 6) is 0.0570. The van der Waals surface area contributed by atoms with E-state index in [1.54, 1.807) is 23.0 Å². The Labute approximate surface area is 177 Å². The van der Waals surface area contributed by atoms with Crippen molar-refractivity contribution < 1.29 is 5.11 Å². The second-order valence-electron chi connectivity index (χ2n) is 7.68. The van der Waals surface area contributed by atoms with Crippen LogP contribution in [0, 0.1) is 6.92 Å². The number of anilines is 1. The first-order valence-electron chi connectivity index (χ1n) is 10.5. The zero-order valence-electron chi connectivity index (χ0n) is 17.5. The molecule has 1 aliphatic heterocycles. The molecule has 0 aliphatic carbocycles. The van der Waals surface area contributed by atoms with Crippen LogP contribution in [-0.2, 0) is 6.54 Å². The molecular formula is C24H28N4O2. The van der Waals surface area contributed by atoms with E-state index >= 15 is 0 Å². The largest absolute Gasteiger partial charge is 0.507 e. The number of piperazine rings is 1. The summed E-state index contributed by atoms with van der Waals surface area (Å²) in [6, 6.07) is 15.6. The van der Waals surface area contributed by atoms with Crippen molar-refractivity contribution in [2.24, 2.45) is 0 Å². The van der Waals surface area contributed by atoms with Crippen molar-refractivity contribution in [3.05, 3.63) is 88.1 Å². The quantitative estimate of drug-likeness (QED) is 0.708. The van der Waals surface area contributed by atoms with Gasteiger partial charge in [0.2, 0.25) is 0 Å². The van der Waals surface area contributed by atoms with Gasteiger partial charge in [-0.3, -0.25) is 14.7 Å². The zero-order valence-corrected chi connectivity index (χ0v) is 17.5. The Morgan fingerprint density at radius 1 is 1.07 bits per heavy atom. The van der Waals surface area contributed by atoms with Crippen molar-refractivity contribution in [1.29, 1.82) is 0 Å². The number of nitrogens with zero attached hydrogens (tertiary/aromatic N) is 4. The van der Waals surface area contributed by atoms with Crippen LogP contribution < -0.4 is 10.5 Å². The van der Waals surface area contributed by atoms with Crippen molar-refractivity contribution in [1.82, 2.24) is 14.5 Å². The fraction of sp³-hybridized carbons (Fsp3) is 0.333. The van der Waals surface area contributed by atoms with Crippen LogP contribution >= 0.6 is 0 Å². The van der Waals surface area contributed by atoms with E-state index in [2.05, 4.69) is 39.0 Å². The number of aryl methyl sites for hydroxylation is 1.